The van der Waals surface area contributed by atoms with Gasteiger partial charge in [0.25, 0.3) is 0 Å². The number of unbranched alkanes of at least 4 members (excludes halogenated alkanes) is 1. The van der Waals surface area contributed by atoms with Crippen LogP contribution in [0.2, 0.25) is 0 Å². The van der Waals surface area contributed by atoms with E-state index in [-0.39, 0.29) is 17.6 Å². The molecule has 130 valence electrons. The first-order valence-corrected chi connectivity index (χ1v) is 9.48. The lowest BCUT2D eigenvalue weighted by Gasteiger charge is -2.23. The number of nitrogens with one attached hydrogen (secondary N) is 1. The molecule has 2 rings (SSSR count). The first-order chi connectivity index (χ1) is 10.9. The molecule has 0 amide bonds. The van der Waals surface area contributed by atoms with Gasteiger partial charge in [0.1, 0.15) is 0 Å². The maximum absolute atomic E-state index is 12.3. The van der Waals surface area contributed by atoms with Crippen molar-refractivity contribution in [3.05, 3.63) is 30.3 Å². The van der Waals surface area contributed by atoms with E-state index in [1.54, 1.807) is 18.2 Å². The molecular formula is C16H26N2O4S. The molecule has 0 saturated carbocycles. The van der Waals surface area contributed by atoms with E-state index < -0.39 is 22.2 Å². The van der Waals surface area contributed by atoms with Crippen molar-refractivity contribution in [2.24, 2.45) is 0 Å². The molecule has 1 saturated heterocycles. The number of likely N-dealkylation sites (N-methyl/N-ethyl adjacent to an activating group) is 1. The summed E-state index contributed by atoms with van der Waals surface area (Å²) in [5.74, 6) is 0. The van der Waals surface area contributed by atoms with Crippen molar-refractivity contribution in [1.82, 2.24) is 9.62 Å². The summed E-state index contributed by atoms with van der Waals surface area (Å²) in [6.07, 6.45) is 0.972. The zero-order chi connectivity index (χ0) is 16.9. The molecule has 3 atom stereocenters. The molecule has 1 aliphatic rings. The molecule has 0 spiro atoms. The monoisotopic (exact) mass is 342 g/mol. The molecule has 7 heteroatoms. The van der Waals surface area contributed by atoms with Gasteiger partial charge < -0.3 is 14.7 Å². The summed E-state index contributed by atoms with van der Waals surface area (Å²) in [6.45, 7) is 3.83. The maximum atomic E-state index is 12.3. The van der Waals surface area contributed by atoms with Gasteiger partial charge in [0.05, 0.1) is 29.8 Å². The van der Waals surface area contributed by atoms with Crippen LogP contribution in [0.1, 0.15) is 19.8 Å². The number of hydrogen-bond donors (Lipinski definition) is 2. The average molecular weight is 342 g/mol. The zero-order valence-corrected chi connectivity index (χ0v) is 14.5. The van der Waals surface area contributed by atoms with E-state index in [0.717, 1.165) is 19.4 Å². The Bertz CT molecular complexity index is 579. The maximum Gasteiger partial charge on any atom is 0.240 e. The van der Waals surface area contributed by atoms with Gasteiger partial charge in [0.15, 0.2) is 0 Å². The largest absolute Gasteiger partial charge is 0.389 e. The first-order valence-electron chi connectivity index (χ1n) is 7.99. The highest BCUT2D eigenvalue weighted by molar-refractivity contribution is 7.89. The highest BCUT2D eigenvalue weighted by Gasteiger charge is 2.38. The SMILES string of the molecule is CCCCN(C)CC1OCC(NS(=O)(=O)c2ccccc2)C1O. The van der Waals surface area contributed by atoms with Gasteiger partial charge in [-0.3, -0.25) is 0 Å². The topological polar surface area (TPSA) is 78.9 Å². The van der Waals surface area contributed by atoms with Crippen molar-refractivity contribution in [2.75, 3.05) is 26.7 Å². The molecule has 3 unspecified atom stereocenters. The van der Waals surface area contributed by atoms with E-state index in [0.29, 0.717) is 6.54 Å². The number of aliphatic hydroxyl groups is 1. The van der Waals surface area contributed by atoms with Crippen LogP contribution < -0.4 is 4.72 Å². The molecule has 0 aliphatic carbocycles. The van der Waals surface area contributed by atoms with E-state index in [2.05, 4.69) is 16.5 Å². The Balaban J connectivity index is 1.93. The molecule has 23 heavy (non-hydrogen) atoms. The number of rotatable bonds is 8. The van der Waals surface area contributed by atoms with Crippen molar-refractivity contribution in [1.29, 1.82) is 0 Å². The van der Waals surface area contributed by atoms with E-state index in [9.17, 15) is 13.5 Å². The van der Waals surface area contributed by atoms with Crippen LogP contribution in [0.15, 0.2) is 35.2 Å². The summed E-state index contributed by atoms with van der Waals surface area (Å²) in [5, 5.41) is 10.4. The van der Waals surface area contributed by atoms with Crippen LogP contribution in [0, 0.1) is 0 Å². The fourth-order valence-corrected chi connectivity index (χ4v) is 3.90. The molecule has 2 N–H and O–H groups in total. The van der Waals surface area contributed by atoms with Crippen molar-refractivity contribution < 1.29 is 18.3 Å². The minimum Gasteiger partial charge on any atom is -0.389 e. The highest BCUT2D eigenvalue weighted by Crippen LogP contribution is 2.18. The number of sulfonamides is 1. The van der Waals surface area contributed by atoms with Crippen molar-refractivity contribution in [3.63, 3.8) is 0 Å². The standard InChI is InChI=1S/C16H26N2O4S/c1-3-4-10-18(2)11-15-16(19)14(12-22-15)17-23(20,21)13-8-6-5-7-9-13/h5-9,14-17,19H,3-4,10-12H2,1-2H3. The van der Waals surface area contributed by atoms with Gasteiger partial charge in [-0.05, 0) is 32.1 Å². The molecule has 1 aliphatic heterocycles. The Labute approximate surface area is 138 Å². The summed E-state index contributed by atoms with van der Waals surface area (Å²) in [4.78, 5) is 2.29. The predicted octanol–water partition coefficient (Wildman–Crippen LogP) is 0.825. The average Bonchev–Trinajstić information content (AvgIpc) is 2.86. The van der Waals surface area contributed by atoms with Crippen LogP contribution in [0.4, 0.5) is 0 Å². The van der Waals surface area contributed by atoms with Gasteiger partial charge in [0.2, 0.25) is 10.0 Å². The predicted molar refractivity (Wildman–Crippen MR) is 88.7 cm³/mol. The van der Waals surface area contributed by atoms with Crippen LogP contribution in [-0.2, 0) is 14.8 Å². The van der Waals surface area contributed by atoms with Crippen molar-refractivity contribution in [3.8, 4) is 0 Å². The molecule has 1 aromatic rings. The van der Waals surface area contributed by atoms with E-state index >= 15 is 0 Å². The van der Waals surface area contributed by atoms with E-state index in [4.69, 9.17) is 4.74 Å². The fraction of sp³-hybridized carbons (Fsp3) is 0.625. The molecule has 0 bridgehead atoms. The summed E-state index contributed by atoms with van der Waals surface area (Å²) in [6, 6.07) is 7.53. The van der Waals surface area contributed by atoms with Crippen molar-refractivity contribution >= 4 is 10.0 Å². The number of benzene rings is 1. The lowest BCUT2D eigenvalue weighted by Crippen LogP contribution is -2.46. The van der Waals surface area contributed by atoms with Gasteiger partial charge in [-0.1, -0.05) is 31.5 Å². The molecular weight excluding hydrogens is 316 g/mol. The quantitative estimate of drug-likeness (QED) is 0.731. The number of aliphatic hydroxyl groups excluding tert-OH is 1. The first kappa shape index (κ1) is 18.4. The number of ether oxygens (including phenoxy) is 1. The van der Waals surface area contributed by atoms with Gasteiger partial charge in [0, 0.05) is 6.54 Å². The van der Waals surface area contributed by atoms with E-state index in [1.165, 1.54) is 12.1 Å². The Morgan fingerprint density at radius 3 is 2.70 bits per heavy atom. The van der Waals surface area contributed by atoms with Crippen LogP contribution >= 0.6 is 0 Å². The number of nitrogens with zero attached hydrogens (tertiary/aromatic N) is 1. The van der Waals surface area contributed by atoms with Gasteiger partial charge in [-0.15, -0.1) is 0 Å². The second-order valence-electron chi connectivity index (χ2n) is 6.02. The molecule has 6 nitrogen and oxygen atoms in total. The normalized spacial score (nSPS) is 25.1. The molecule has 0 radical (unpaired) electrons. The molecule has 0 aromatic heterocycles. The third-order valence-corrected chi connectivity index (χ3v) is 5.53. The second-order valence-corrected chi connectivity index (χ2v) is 7.73. The Morgan fingerprint density at radius 1 is 1.35 bits per heavy atom. The Morgan fingerprint density at radius 2 is 2.04 bits per heavy atom. The molecule has 1 heterocycles. The lowest BCUT2D eigenvalue weighted by molar-refractivity contribution is 0.0203. The van der Waals surface area contributed by atoms with Gasteiger partial charge in [-0.25, -0.2) is 13.1 Å². The summed E-state index contributed by atoms with van der Waals surface area (Å²) >= 11 is 0. The summed E-state index contributed by atoms with van der Waals surface area (Å²) in [7, 11) is -1.67. The minimum absolute atomic E-state index is 0.180. The van der Waals surface area contributed by atoms with Gasteiger partial charge in [-0.2, -0.15) is 0 Å². The Hall–Kier alpha value is -0.990. The Kier molecular flexibility index (Phi) is 6.55. The zero-order valence-electron chi connectivity index (χ0n) is 13.7. The summed E-state index contributed by atoms with van der Waals surface area (Å²) in [5.41, 5.74) is 0. The van der Waals surface area contributed by atoms with Crippen LogP contribution in [-0.4, -0.2) is 63.4 Å². The van der Waals surface area contributed by atoms with Crippen LogP contribution in [0.5, 0.6) is 0 Å². The van der Waals surface area contributed by atoms with Crippen LogP contribution in [0.25, 0.3) is 0 Å². The minimum atomic E-state index is -3.65. The van der Waals surface area contributed by atoms with Crippen LogP contribution in [0.3, 0.4) is 0 Å². The third-order valence-electron chi connectivity index (χ3n) is 4.03. The third kappa shape index (κ3) is 4.99. The smallest absolute Gasteiger partial charge is 0.240 e. The highest BCUT2D eigenvalue weighted by atomic mass is 32.2. The second kappa shape index (κ2) is 8.21. The molecule has 1 fully saturated rings. The fourth-order valence-electron chi connectivity index (χ4n) is 2.64. The van der Waals surface area contributed by atoms with Crippen molar-refractivity contribution in [2.45, 2.75) is 42.9 Å². The van der Waals surface area contributed by atoms with Gasteiger partial charge >= 0.3 is 0 Å². The van der Waals surface area contributed by atoms with E-state index in [1.807, 2.05) is 7.05 Å². The molecule has 1 aromatic carbocycles. The summed E-state index contributed by atoms with van der Waals surface area (Å²) < 4.78 is 32.8. The number of hydrogen-bond acceptors (Lipinski definition) is 5. The lowest BCUT2D eigenvalue weighted by atomic mass is 10.1.